The Bertz CT molecular complexity index is 735. The van der Waals surface area contributed by atoms with Gasteiger partial charge in [0.1, 0.15) is 5.75 Å². The number of hydrogen-bond donors (Lipinski definition) is 0. The molecular weight excluding hydrogens is 354 g/mol. The summed E-state index contributed by atoms with van der Waals surface area (Å²) in [5.74, 6) is 1.51. The molecule has 1 atom stereocenters. The second kappa shape index (κ2) is 8.11. The van der Waals surface area contributed by atoms with E-state index in [4.69, 9.17) is 4.74 Å². The van der Waals surface area contributed by atoms with E-state index in [1.807, 2.05) is 9.80 Å². The van der Waals surface area contributed by atoms with Crippen LogP contribution < -0.4 is 4.74 Å². The molecule has 3 aliphatic rings. The number of amides is 2. The van der Waals surface area contributed by atoms with Crippen molar-refractivity contribution in [1.82, 2.24) is 14.7 Å². The minimum atomic E-state index is 0.0773. The molecule has 1 aromatic rings. The zero-order valence-electron chi connectivity index (χ0n) is 17.0. The van der Waals surface area contributed by atoms with E-state index in [9.17, 15) is 9.59 Å². The van der Waals surface area contributed by atoms with Crippen LogP contribution in [0, 0.1) is 5.92 Å². The second-order valence-electron chi connectivity index (χ2n) is 8.28. The van der Waals surface area contributed by atoms with Crippen LogP contribution in [0.2, 0.25) is 0 Å². The van der Waals surface area contributed by atoms with Gasteiger partial charge in [-0.25, -0.2) is 0 Å². The molecule has 1 aromatic carbocycles. The number of nitrogens with zero attached hydrogens (tertiary/aromatic N) is 3. The summed E-state index contributed by atoms with van der Waals surface area (Å²) >= 11 is 0. The van der Waals surface area contributed by atoms with Crippen LogP contribution in [0.5, 0.6) is 5.75 Å². The minimum absolute atomic E-state index is 0.0773. The lowest BCUT2D eigenvalue weighted by molar-refractivity contribution is -0.141. The number of carbonyl (C=O) groups is 2. The SMILES string of the molecule is CC(=O)N1CCC(C(=O)N2CCN([C@@H](C)c3ccc4c(c3)OCC4)CC2)CC1. The summed E-state index contributed by atoms with van der Waals surface area (Å²) in [6.07, 6.45) is 2.60. The van der Waals surface area contributed by atoms with E-state index >= 15 is 0 Å². The van der Waals surface area contributed by atoms with Crippen LogP contribution in [0.25, 0.3) is 0 Å². The van der Waals surface area contributed by atoms with Crippen LogP contribution in [0.15, 0.2) is 18.2 Å². The highest BCUT2D eigenvalue weighted by molar-refractivity contribution is 5.80. The van der Waals surface area contributed by atoms with E-state index in [0.29, 0.717) is 19.1 Å². The first-order valence-corrected chi connectivity index (χ1v) is 10.6. The van der Waals surface area contributed by atoms with Gasteiger partial charge in [-0.15, -0.1) is 0 Å². The van der Waals surface area contributed by atoms with Crippen molar-refractivity contribution in [3.05, 3.63) is 29.3 Å². The van der Waals surface area contributed by atoms with Gasteiger partial charge in [-0.1, -0.05) is 12.1 Å². The zero-order chi connectivity index (χ0) is 19.7. The zero-order valence-corrected chi connectivity index (χ0v) is 17.0. The maximum atomic E-state index is 12.9. The standard InChI is InChI=1S/C22H31N3O3/c1-16(20-4-3-18-7-14-28-21(18)15-20)23-10-12-25(13-11-23)22(27)19-5-8-24(9-6-19)17(2)26/h3-4,15-16,19H,5-14H2,1-2H3/t16-/m0/s1. The first-order valence-electron chi connectivity index (χ1n) is 10.6. The smallest absolute Gasteiger partial charge is 0.225 e. The lowest BCUT2D eigenvalue weighted by Crippen LogP contribution is -2.52. The average molecular weight is 386 g/mol. The molecule has 0 aromatic heterocycles. The third-order valence-electron chi connectivity index (χ3n) is 6.67. The van der Waals surface area contributed by atoms with Gasteiger partial charge in [-0.3, -0.25) is 14.5 Å². The predicted octanol–water partition coefficient (Wildman–Crippen LogP) is 2.09. The van der Waals surface area contributed by atoms with Crippen molar-refractivity contribution in [2.24, 2.45) is 5.92 Å². The van der Waals surface area contributed by atoms with Gasteiger partial charge in [0.05, 0.1) is 6.61 Å². The van der Waals surface area contributed by atoms with Crippen LogP contribution in [0.4, 0.5) is 0 Å². The largest absolute Gasteiger partial charge is 0.493 e. The van der Waals surface area contributed by atoms with Crippen molar-refractivity contribution < 1.29 is 14.3 Å². The fourth-order valence-corrected chi connectivity index (χ4v) is 4.68. The van der Waals surface area contributed by atoms with Gasteiger partial charge < -0.3 is 14.5 Å². The van der Waals surface area contributed by atoms with Crippen LogP contribution in [0.3, 0.4) is 0 Å². The molecule has 2 saturated heterocycles. The lowest BCUT2D eigenvalue weighted by atomic mass is 9.95. The van der Waals surface area contributed by atoms with E-state index in [1.165, 1.54) is 11.1 Å². The highest BCUT2D eigenvalue weighted by Crippen LogP contribution is 2.31. The Hall–Kier alpha value is -2.08. The van der Waals surface area contributed by atoms with Crippen molar-refractivity contribution in [2.45, 2.75) is 39.2 Å². The van der Waals surface area contributed by atoms with Gasteiger partial charge in [0.2, 0.25) is 11.8 Å². The van der Waals surface area contributed by atoms with Gasteiger partial charge in [0, 0.05) is 64.6 Å². The first kappa shape index (κ1) is 19.2. The van der Waals surface area contributed by atoms with Gasteiger partial charge in [-0.05, 0) is 37.0 Å². The highest BCUT2D eigenvalue weighted by atomic mass is 16.5. The molecule has 0 spiro atoms. The maximum absolute atomic E-state index is 12.9. The Kier molecular flexibility index (Phi) is 5.58. The summed E-state index contributed by atoms with van der Waals surface area (Å²) in [5, 5.41) is 0. The molecule has 0 saturated carbocycles. The number of ether oxygens (including phenoxy) is 1. The second-order valence-corrected chi connectivity index (χ2v) is 8.28. The van der Waals surface area contributed by atoms with E-state index in [2.05, 4.69) is 30.0 Å². The molecule has 6 nitrogen and oxygen atoms in total. The summed E-state index contributed by atoms with van der Waals surface area (Å²) in [5.41, 5.74) is 2.60. The maximum Gasteiger partial charge on any atom is 0.225 e. The third-order valence-corrected chi connectivity index (χ3v) is 6.67. The predicted molar refractivity (Wildman–Crippen MR) is 107 cm³/mol. The topological polar surface area (TPSA) is 53.1 Å². The molecule has 2 fully saturated rings. The number of piperidine rings is 1. The number of hydrogen-bond acceptors (Lipinski definition) is 4. The Balaban J connectivity index is 1.29. The summed E-state index contributed by atoms with van der Waals surface area (Å²) in [7, 11) is 0. The molecule has 2 amide bonds. The van der Waals surface area contributed by atoms with Crippen molar-refractivity contribution in [1.29, 1.82) is 0 Å². The number of rotatable bonds is 3. The van der Waals surface area contributed by atoms with Crippen molar-refractivity contribution in [3.63, 3.8) is 0 Å². The summed E-state index contributed by atoms with van der Waals surface area (Å²) in [6.45, 7) is 9.44. The molecular formula is C22H31N3O3. The van der Waals surface area contributed by atoms with Crippen LogP contribution in [-0.4, -0.2) is 72.4 Å². The summed E-state index contributed by atoms with van der Waals surface area (Å²) in [4.78, 5) is 30.7. The van der Waals surface area contributed by atoms with Crippen molar-refractivity contribution >= 4 is 11.8 Å². The minimum Gasteiger partial charge on any atom is -0.493 e. The molecule has 0 radical (unpaired) electrons. The molecule has 4 rings (SSSR count). The van der Waals surface area contributed by atoms with E-state index in [1.54, 1.807) is 6.92 Å². The highest BCUT2D eigenvalue weighted by Gasteiger charge is 2.32. The number of benzene rings is 1. The van der Waals surface area contributed by atoms with Gasteiger partial charge in [0.15, 0.2) is 0 Å². The Morgan fingerprint density at radius 3 is 2.43 bits per heavy atom. The summed E-state index contributed by atoms with van der Waals surface area (Å²) < 4.78 is 5.72. The van der Waals surface area contributed by atoms with E-state index in [-0.39, 0.29) is 17.7 Å². The molecule has 0 aliphatic carbocycles. The molecule has 0 bridgehead atoms. The van der Waals surface area contributed by atoms with Gasteiger partial charge in [-0.2, -0.15) is 0 Å². The number of likely N-dealkylation sites (tertiary alicyclic amines) is 1. The first-order chi connectivity index (χ1) is 13.5. The van der Waals surface area contributed by atoms with Crippen LogP contribution in [0.1, 0.15) is 43.9 Å². The summed E-state index contributed by atoms with van der Waals surface area (Å²) in [6, 6.07) is 6.93. The van der Waals surface area contributed by atoms with Crippen molar-refractivity contribution in [2.75, 3.05) is 45.9 Å². The molecule has 6 heteroatoms. The monoisotopic (exact) mass is 385 g/mol. The van der Waals surface area contributed by atoms with Crippen molar-refractivity contribution in [3.8, 4) is 5.75 Å². The fraction of sp³-hybridized carbons (Fsp3) is 0.636. The number of fused-ring (bicyclic) bond motifs is 1. The lowest BCUT2D eigenvalue weighted by Gasteiger charge is -2.40. The van der Waals surface area contributed by atoms with Gasteiger partial charge >= 0.3 is 0 Å². The molecule has 3 heterocycles. The van der Waals surface area contributed by atoms with E-state index in [0.717, 1.165) is 57.8 Å². The van der Waals surface area contributed by atoms with Crippen LogP contribution >= 0.6 is 0 Å². The molecule has 3 aliphatic heterocycles. The average Bonchev–Trinajstić information content (AvgIpc) is 3.21. The van der Waals surface area contributed by atoms with Crippen LogP contribution in [-0.2, 0) is 16.0 Å². The molecule has 152 valence electrons. The quantitative estimate of drug-likeness (QED) is 0.800. The third kappa shape index (κ3) is 3.88. The molecule has 28 heavy (non-hydrogen) atoms. The van der Waals surface area contributed by atoms with E-state index < -0.39 is 0 Å². The Morgan fingerprint density at radius 2 is 1.75 bits per heavy atom. The number of piperazine rings is 1. The molecule has 0 N–H and O–H groups in total. The normalized spacial score (nSPS) is 21.9. The van der Waals surface area contributed by atoms with Gasteiger partial charge in [0.25, 0.3) is 0 Å². The number of carbonyl (C=O) groups excluding carboxylic acids is 2. The molecule has 0 unspecified atom stereocenters. The Morgan fingerprint density at radius 1 is 1.04 bits per heavy atom. The Labute approximate surface area is 167 Å². The fourth-order valence-electron chi connectivity index (χ4n) is 4.68.